The smallest absolute Gasteiger partial charge is 0.259 e. The van der Waals surface area contributed by atoms with Crippen LogP contribution in [-0.2, 0) is 11.2 Å². The predicted octanol–water partition coefficient (Wildman–Crippen LogP) is 3.21. The van der Waals surface area contributed by atoms with Crippen molar-refractivity contribution in [2.75, 3.05) is 19.0 Å². The number of rotatable bonds is 7. The first-order valence-corrected chi connectivity index (χ1v) is 7.92. The molecular formula is C19H23N3O2. The molecule has 0 unspecified atom stereocenters. The van der Waals surface area contributed by atoms with Gasteiger partial charge in [-0.2, -0.15) is 5.10 Å². The summed E-state index contributed by atoms with van der Waals surface area (Å²) in [4.78, 5) is 11.9. The van der Waals surface area contributed by atoms with Crippen LogP contribution in [0.15, 0.2) is 53.6 Å². The standard InChI is InChI=1S/C19H23N3O2/c1-4-15-5-7-16(8-6-15)14(2)21-22-19(23)13-20-17-9-11-18(24-3)12-10-17/h5-12,20H,4,13H2,1-3H3,(H,22,23)/b21-14-. The molecule has 0 saturated heterocycles. The van der Waals surface area contributed by atoms with E-state index < -0.39 is 0 Å². The third kappa shape index (κ3) is 5.12. The maximum absolute atomic E-state index is 11.9. The highest BCUT2D eigenvalue weighted by Gasteiger charge is 2.02. The van der Waals surface area contributed by atoms with Crippen LogP contribution < -0.4 is 15.5 Å². The Morgan fingerprint density at radius 2 is 1.75 bits per heavy atom. The molecule has 0 radical (unpaired) electrons. The summed E-state index contributed by atoms with van der Waals surface area (Å²) >= 11 is 0. The van der Waals surface area contributed by atoms with Gasteiger partial charge in [-0.05, 0) is 48.7 Å². The molecule has 24 heavy (non-hydrogen) atoms. The van der Waals surface area contributed by atoms with Crippen molar-refractivity contribution < 1.29 is 9.53 Å². The van der Waals surface area contributed by atoms with E-state index in [1.165, 1.54) is 5.56 Å². The molecule has 0 aliphatic heterocycles. The lowest BCUT2D eigenvalue weighted by molar-refractivity contribution is -0.119. The zero-order valence-corrected chi connectivity index (χ0v) is 14.3. The number of hydrazone groups is 1. The third-order valence-electron chi connectivity index (χ3n) is 3.67. The van der Waals surface area contributed by atoms with E-state index in [-0.39, 0.29) is 12.5 Å². The molecule has 0 heterocycles. The van der Waals surface area contributed by atoms with Crippen LogP contribution in [0.3, 0.4) is 0 Å². The number of carbonyl (C=O) groups is 1. The van der Waals surface area contributed by atoms with Crippen molar-refractivity contribution in [3.63, 3.8) is 0 Å². The Morgan fingerprint density at radius 3 is 2.33 bits per heavy atom. The first-order valence-electron chi connectivity index (χ1n) is 7.92. The van der Waals surface area contributed by atoms with Gasteiger partial charge in [0.1, 0.15) is 5.75 Å². The highest BCUT2D eigenvalue weighted by Crippen LogP contribution is 2.14. The Balaban J connectivity index is 1.84. The minimum absolute atomic E-state index is 0.151. The van der Waals surface area contributed by atoms with Crippen LogP contribution in [0.1, 0.15) is 25.0 Å². The summed E-state index contributed by atoms with van der Waals surface area (Å²) in [7, 11) is 1.62. The Hall–Kier alpha value is -2.82. The lowest BCUT2D eigenvalue weighted by Gasteiger charge is -2.07. The van der Waals surface area contributed by atoms with Crippen LogP contribution in [-0.4, -0.2) is 25.3 Å². The largest absolute Gasteiger partial charge is 0.497 e. The molecule has 5 nitrogen and oxygen atoms in total. The summed E-state index contributed by atoms with van der Waals surface area (Å²) in [6, 6.07) is 15.6. The highest BCUT2D eigenvalue weighted by atomic mass is 16.5. The minimum atomic E-state index is -0.199. The molecular weight excluding hydrogens is 302 g/mol. The van der Waals surface area contributed by atoms with Crippen molar-refractivity contribution in [3.8, 4) is 5.75 Å². The van der Waals surface area contributed by atoms with Gasteiger partial charge >= 0.3 is 0 Å². The number of nitrogens with one attached hydrogen (secondary N) is 2. The van der Waals surface area contributed by atoms with Crippen LogP contribution in [0.5, 0.6) is 5.75 Å². The SMILES string of the molecule is CCc1ccc(/C(C)=N\NC(=O)CNc2ccc(OC)cc2)cc1. The van der Waals surface area contributed by atoms with E-state index in [2.05, 4.69) is 34.9 Å². The number of anilines is 1. The van der Waals surface area contributed by atoms with Gasteiger partial charge in [0.05, 0.1) is 19.4 Å². The average Bonchev–Trinajstić information content (AvgIpc) is 2.64. The molecule has 1 amide bonds. The van der Waals surface area contributed by atoms with E-state index in [0.29, 0.717) is 0 Å². The first kappa shape index (κ1) is 17.5. The number of aryl methyl sites for hydroxylation is 1. The van der Waals surface area contributed by atoms with Crippen molar-refractivity contribution in [1.82, 2.24) is 5.43 Å². The van der Waals surface area contributed by atoms with Crippen molar-refractivity contribution in [2.45, 2.75) is 20.3 Å². The Morgan fingerprint density at radius 1 is 1.08 bits per heavy atom. The fourth-order valence-corrected chi connectivity index (χ4v) is 2.12. The fourth-order valence-electron chi connectivity index (χ4n) is 2.12. The summed E-state index contributed by atoms with van der Waals surface area (Å²) < 4.78 is 5.09. The summed E-state index contributed by atoms with van der Waals surface area (Å²) in [5, 5.41) is 7.18. The van der Waals surface area contributed by atoms with E-state index in [4.69, 9.17) is 4.74 Å². The van der Waals surface area contributed by atoms with Gasteiger partial charge in [-0.15, -0.1) is 0 Å². The quantitative estimate of drug-likeness (QED) is 0.607. The molecule has 0 saturated carbocycles. The van der Waals surface area contributed by atoms with Gasteiger partial charge in [-0.1, -0.05) is 31.2 Å². The second-order valence-electron chi connectivity index (χ2n) is 5.36. The van der Waals surface area contributed by atoms with E-state index in [1.807, 2.05) is 43.3 Å². The maximum Gasteiger partial charge on any atom is 0.259 e. The second kappa shape index (κ2) is 8.72. The molecule has 2 rings (SSSR count). The van der Waals surface area contributed by atoms with Crippen LogP contribution in [0.4, 0.5) is 5.69 Å². The highest BCUT2D eigenvalue weighted by molar-refractivity contribution is 5.99. The summed E-state index contributed by atoms with van der Waals surface area (Å²) in [5.41, 5.74) is 6.46. The van der Waals surface area contributed by atoms with Gasteiger partial charge < -0.3 is 10.1 Å². The molecule has 0 aromatic heterocycles. The second-order valence-corrected chi connectivity index (χ2v) is 5.36. The molecule has 126 valence electrons. The number of benzene rings is 2. The number of hydrogen-bond donors (Lipinski definition) is 2. The normalized spacial score (nSPS) is 11.0. The van der Waals surface area contributed by atoms with Gasteiger partial charge in [0, 0.05) is 5.69 Å². The van der Waals surface area contributed by atoms with Crippen LogP contribution in [0.2, 0.25) is 0 Å². The van der Waals surface area contributed by atoms with Crippen molar-refractivity contribution in [2.24, 2.45) is 5.10 Å². The van der Waals surface area contributed by atoms with Gasteiger partial charge in [-0.25, -0.2) is 5.43 Å². The number of carbonyl (C=O) groups excluding carboxylic acids is 1. The topological polar surface area (TPSA) is 62.7 Å². The van der Waals surface area contributed by atoms with Crippen molar-refractivity contribution >= 4 is 17.3 Å². The number of nitrogens with zero attached hydrogens (tertiary/aromatic N) is 1. The monoisotopic (exact) mass is 325 g/mol. The van der Waals surface area contributed by atoms with E-state index >= 15 is 0 Å². The van der Waals surface area contributed by atoms with Crippen molar-refractivity contribution in [3.05, 3.63) is 59.7 Å². The number of ether oxygens (including phenoxy) is 1. The molecule has 2 aromatic rings. The summed E-state index contributed by atoms with van der Waals surface area (Å²) in [6.07, 6.45) is 1.00. The molecule has 0 bridgehead atoms. The van der Waals surface area contributed by atoms with E-state index in [9.17, 15) is 4.79 Å². The molecule has 0 fully saturated rings. The van der Waals surface area contributed by atoms with Crippen LogP contribution >= 0.6 is 0 Å². The zero-order chi connectivity index (χ0) is 17.4. The fraction of sp³-hybridized carbons (Fsp3) is 0.263. The molecule has 2 N–H and O–H groups in total. The lowest BCUT2D eigenvalue weighted by atomic mass is 10.1. The maximum atomic E-state index is 11.9. The molecule has 0 aliphatic carbocycles. The first-order chi connectivity index (χ1) is 11.6. The Labute approximate surface area is 142 Å². The molecule has 2 aromatic carbocycles. The minimum Gasteiger partial charge on any atom is -0.497 e. The van der Waals surface area contributed by atoms with Gasteiger partial charge in [-0.3, -0.25) is 4.79 Å². The molecule has 0 spiro atoms. The van der Waals surface area contributed by atoms with E-state index in [0.717, 1.165) is 29.1 Å². The summed E-state index contributed by atoms with van der Waals surface area (Å²) in [6.45, 7) is 4.14. The predicted molar refractivity (Wildman–Crippen MR) is 97.7 cm³/mol. The Kier molecular flexibility index (Phi) is 6.37. The van der Waals surface area contributed by atoms with Gasteiger partial charge in [0.15, 0.2) is 0 Å². The van der Waals surface area contributed by atoms with Crippen LogP contribution in [0, 0.1) is 0 Å². The van der Waals surface area contributed by atoms with Gasteiger partial charge in [0.25, 0.3) is 5.91 Å². The number of amides is 1. The number of methoxy groups -OCH3 is 1. The average molecular weight is 325 g/mol. The number of hydrogen-bond acceptors (Lipinski definition) is 4. The molecule has 0 atom stereocenters. The van der Waals surface area contributed by atoms with Crippen molar-refractivity contribution in [1.29, 1.82) is 0 Å². The van der Waals surface area contributed by atoms with E-state index in [1.54, 1.807) is 7.11 Å². The van der Waals surface area contributed by atoms with Gasteiger partial charge in [0.2, 0.25) is 0 Å². The molecule has 5 heteroatoms. The summed E-state index contributed by atoms with van der Waals surface area (Å²) in [5.74, 6) is 0.578. The molecule has 0 aliphatic rings. The van der Waals surface area contributed by atoms with Crippen LogP contribution in [0.25, 0.3) is 0 Å². The third-order valence-corrected chi connectivity index (χ3v) is 3.67. The lowest BCUT2D eigenvalue weighted by Crippen LogP contribution is -2.26. The Bertz CT molecular complexity index is 692. The zero-order valence-electron chi connectivity index (χ0n) is 14.3.